The van der Waals surface area contributed by atoms with Gasteiger partial charge in [0.2, 0.25) is 0 Å². The molecule has 1 aromatic rings. The van der Waals surface area contributed by atoms with Gasteiger partial charge < -0.3 is 5.32 Å². The maximum Gasteiger partial charge on any atom is 0.0538 e. The molecule has 1 aliphatic heterocycles. The summed E-state index contributed by atoms with van der Waals surface area (Å²) in [5.74, 6) is 1.31. The van der Waals surface area contributed by atoms with Crippen LogP contribution in [0.5, 0.6) is 0 Å². The van der Waals surface area contributed by atoms with Crippen molar-refractivity contribution in [1.82, 2.24) is 15.1 Å². The first-order chi connectivity index (χ1) is 7.72. The minimum Gasteiger partial charge on any atom is -0.311 e. The molecular weight excluding hydrogens is 218 g/mol. The Morgan fingerprint density at radius 1 is 1.75 bits per heavy atom. The van der Waals surface area contributed by atoms with Crippen LogP contribution in [0.15, 0.2) is 19.0 Å². The van der Waals surface area contributed by atoms with E-state index in [1.807, 2.05) is 12.4 Å². The fourth-order valence-electron chi connectivity index (χ4n) is 2.02. The SMILES string of the molecule is C=Cn1cc(CNCC2(C)CCCS2)cn1. The summed E-state index contributed by atoms with van der Waals surface area (Å²) >= 11 is 2.09. The predicted molar refractivity (Wildman–Crippen MR) is 70.4 cm³/mol. The molecule has 1 atom stereocenters. The van der Waals surface area contributed by atoms with E-state index in [0.29, 0.717) is 4.75 Å². The Morgan fingerprint density at radius 3 is 3.25 bits per heavy atom. The first-order valence-corrected chi connectivity index (χ1v) is 6.71. The summed E-state index contributed by atoms with van der Waals surface area (Å²) in [5, 5.41) is 7.67. The highest BCUT2D eigenvalue weighted by molar-refractivity contribution is 8.00. The van der Waals surface area contributed by atoms with Crippen LogP contribution in [0.2, 0.25) is 0 Å². The van der Waals surface area contributed by atoms with Gasteiger partial charge >= 0.3 is 0 Å². The van der Waals surface area contributed by atoms with Gasteiger partial charge in [-0.3, -0.25) is 0 Å². The summed E-state index contributed by atoms with van der Waals surface area (Å²) in [6.45, 7) is 8.00. The quantitative estimate of drug-likeness (QED) is 0.852. The number of aromatic nitrogens is 2. The van der Waals surface area contributed by atoms with Crippen LogP contribution in [0.3, 0.4) is 0 Å². The molecule has 3 nitrogen and oxygen atoms in total. The molecule has 1 unspecified atom stereocenters. The molecule has 0 amide bonds. The summed E-state index contributed by atoms with van der Waals surface area (Å²) in [6, 6.07) is 0. The van der Waals surface area contributed by atoms with E-state index in [-0.39, 0.29) is 0 Å². The molecule has 0 spiro atoms. The van der Waals surface area contributed by atoms with Crippen molar-refractivity contribution in [2.24, 2.45) is 0 Å². The second-order valence-electron chi connectivity index (χ2n) is 4.52. The first kappa shape index (κ1) is 11.7. The van der Waals surface area contributed by atoms with Crippen LogP contribution >= 0.6 is 11.8 Å². The molecule has 0 saturated carbocycles. The maximum absolute atomic E-state index is 4.16. The lowest BCUT2D eigenvalue weighted by Crippen LogP contribution is -2.32. The van der Waals surface area contributed by atoms with Gasteiger partial charge in [-0.15, -0.1) is 0 Å². The second kappa shape index (κ2) is 5.06. The molecule has 2 heterocycles. The predicted octanol–water partition coefficient (Wildman–Crippen LogP) is 2.36. The fraction of sp³-hybridized carbons (Fsp3) is 0.583. The third-order valence-electron chi connectivity index (χ3n) is 2.97. The van der Waals surface area contributed by atoms with Crippen LogP contribution in [0.25, 0.3) is 6.20 Å². The first-order valence-electron chi connectivity index (χ1n) is 5.72. The summed E-state index contributed by atoms with van der Waals surface area (Å²) in [5.41, 5.74) is 1.21. The van der Waals surface area contributed by atoms with Crippen LogP contribution < -0.4 is 5.32 Å². The molecule has 16 heavy (non-hydrogen) atoms. The van der Waals surface area contributed by atoms with Gasteiger partial charge in [-0.05, 0) is 25.5 Å². The largest absolute Gasteiger partial charge is 0.311 e. The minimum atomic E-state index is 0.439. The third kappa shape index (κ3) is 2.89. The average Bonchev–Trinajstić information content (AvgIpc) is 2.88. The zero-order chi connectivity index (χ0) is 11.4. The molecule has 0 bridgehead atoms. The highest BCUT2D eigenvalue weighted by Gasteiger charge is 2.28. The van der Waals surface area contributed by atoms with E-state index in [1.165, 1.54) is 24.2 Å². The molecule has 0 aliphatic carbocycles. The molecule has 88 valence electrons. The topological polar surface area (TPSA) is 29.9 Å². The van der Waals surface area contributed by atoms with Gasteiger partial charge in [0.25, 0.3) is 0 Å². The van der Waals surface area contributed by atoms with Gasteiger partial charge in [0.15, 0.2) is 0 Å². The van der Waals surface area contributed by atoms with Crippen molar-refractivity contribution in [2.75, 3.05) is 12.3 Å². The zero-order valence-electron chi connectivity index (χ0n) is 9.78. The van der Waals surface area contributed by atoms with Crippen molar-refractivity contribution in [2.45, 2.75) is 31.1 Å². The fourth-order valence-corrected chi connectivity index (χ4v) is 3.29. The Bertz CT molecular complexity index is 353. The Balaban J connectivity index is 1.77. The normalized spacial score (nSPS) is 24.8. The van der Waals surface area contributed by atoms with E-state index in [0.717, 1.165) is 13.1 Å². The number of nitrogens with one attached hydrogen (secondary N) is 1. The highest BCUT2D eigenvalue weighted by atomic mass is 32.2. The van der Waals surface area contributed by atoms with Crippen LogP contribution in [0.4, 0.5) is 0 Å². The Morgan fingerprint density at radius 2 is 2.62 bits per heavy atom. The molecule has 0 aromatic carbocycles. The van der Waals surface area contributed by atoms with Crippen LogP contribution in [0.1, 0.15) is 25.3 Å². The van der Waals surface area contributed by atoms with Crippen molar-refractivity contribution >= 4 is 18.0 Å². The van der Waals surface area contributed by atoms with E-state index in [4.69, 9.17) is 0 Å². The molecule has 1 saturated heterocycles. The van der Waals surface area contributed by atoms with Crippen molar-refractivity contribution in [1.29, 1.82) is 0 Å². The highest BCUT2D eigenvalue weighted by Crippen LogP contribution is 2.36. The molecule has 4 heteroatoms. The van der Waals surface area contributed by atoms with Crippen LogP contribution in [-0.4, -0.2) is 26.8 Å². The third-order valence-corrected chi connectivity index (χ3v) is 4.51. The number of hydrogen-bond acceptors (Lipinski definition) is 3. The van der Waals surface area contributed by atoms with Crippen molar-refractivity contribution in [3.05, 3.63) is 24.5 Å². The number of nitrogens with zero attached hydrogens (tertiary/aromatic N) is 2. The molecule has 1 fully saturated rings. The average molecular weight is 237 g/mol. The summed E-state index contributed by atoms with van der Waals surface area (Å²) in [4.78, 5) is 0. The molecule has 0 radical (unpaired) electrons. The number of hydrogen-bond donors (Lipinski definition) is 1. The van der Waals surface area contributed by atoms with Gasteiger partial charge in [-0.1, -0.05) is 6.58 Å². The standard InChI is InChI=1S/C12H19N3S/c1-3-15-9-11(8-14-15)7-13-10-12(2)5-4-6-16-12/h3,8-9,13H,1,4-7,10H2,2H3. The van der Waals surface area contributed by atoms with Gasteiger partial charge in [-0.2, -0.15) is 16.9 Å². The summed E-state index contributed by atoms with van der Waals surface area (Å²) in [7, 11) is 0. The molecule has 1 N–H and O–H groups in total. The van der Waals surface area contributed by atoms with Crippen molar-refractivity contribution in [3.8, 4) is 0 Å². The van der Waals surface area contributed by atoms with Gasteiger partial charge in [0, 0.05) is 35.8 Å². The lowest BCUT2D eigenvalue weighted by molar-refractivity contribution is 0.537. The molecule has 1 aliphatic rings. The Kier molecular flexibility index (Phi) is 3.71. The van der Waals surface area contributed by atoms with Crippen LogP contribution in [0, 0.1) is 0 Å². The van der Waals surface area contributed by atoms with E-state index in [9.17, 15) is 0 Å². The number of thioether (sulfide) groups is 1. The van der Waals surface area contributed by atoms with E-state index >= 15 is 0 Å². The van der Waals surface area contributed by atoms with Crippen molar-refractivity contribution < 1.29 is 0 Å². The van der Waals surface area contributed by atoms with Gasteiger partial charge in [0.05, 0.1) is 6.20 Å². The monoisotopic (exact) mass is 237 g/mol. The Hall–Kier alpha value is -0.740. The van der Waals surface area contributed by atoms with E-state index < -0.39 is 0 Å². The van der Waals surface area contributed by atoms with E-state index in [2.05, 4.69) is 35.7 Å². The van der Waals surface area contributed by atoms with Crippen molar-refractivity contribution in [3.63, 3.8) is 0 Å². The van der Waals surface area contributed by atoms with E-state index in [1.54, 1.807) is 10.9 Å². The lowest BCUT2D eigenvalue weighted by Gasteiger charge is -2.22. The van der Waals surface area contributed by atoms with Gasteiger partial charge in [-0.25, -0.2) is 4.68 Å². The summed E-state index contributed by atoms with van der Waals surface area (Å²) < 4.78 is 2.18. The lowest BCUT2D eigenvalue weighted by atomic mass is 10.1. The molecular formula is C12H19N3S. The van der Waals surface area contributed by atoms with Crippen LogP contribution in [-0.2, 0) is 6.54 Å². The number of rotatable bonds is 5. The smallest absolute Gasteiger partial charge is 0.0538 e. The Labute approximate surface area is 101 Å². The zero-order valence-corrected chi connectivity index (χ0v) is 10.6. The van der Waals surface area contributed by atoms with Gasteiger partial charge in [0.1, 0.15) is 0 Å². The maximum atomic E-state index is 4.16. The molecule has 1 aromatic heterocycles. The second-order valence-corrected chi connectivity index (χ2v) is 6.20. The minimum absolute atomic E-state index is 0.439. The molecule has 2 rings (SSSR count). The summed E-state index contributed by atoms with van der Waals surface area (Å²) in [6.07, 6.45) is 8.29.